The molecule has 1 aromatic heterocycles. The molecular weight excluding hydrogens is 220 g/mol. The highest BCUT2D eigenvalue weighted by atomic mass is 16.5. The number of nitrogens with zero attached hydrogens (tertiary/aromatic N) is 1. The number of carbonyl (C=O) groups is 1. The van der Waals surface area contributed by atoms with Crippen molar-refractivity contribution >= 4 is 5.97 Å². The third-order valence-corrected chi connectivity index (χ3v) is 2.44. The lowest BCUT2D eigenvalue weighted by molar-refractivity contribution is 0.0600. The monoisotopic (exact) mass is 238 g/mol. The molecule has 0 fully saturated rings. The van der Waals surface area contributed by atoms with Crippen molar-refractivity contribution < 1.29 is 14.6 Å². The maximum Gasteiger partial charge on any atom is 0.339 e. The van der Waals surface area contributed by atoms with Gasteiger partial charge in [0.1, 0.15) is 0 Å². The molecule has 94 valence electrons. The topological polar surface area (TPSA) is 71.5 Å². The molecule has 0 bridgehead atoms. The van der Waals surface area contributed by atoms with Gasteiger partial charge in [-0.3, -0.25) is 4.98 Å². The maximum atomic E-state index is 11.2. The standard InChI is InChI=1S/C12H18N2O3/c1-9(5-6-15)13-8-11-4-3-10(7-14-11)12(16)17-2/h3-4,7,9,13,15H,5-6,8H2,1-2H3. The Morgan fingerprint density at radius 3 is 2.88 bits per heavy atom. The minimum atomic E-state index is -0.384. The molecule has 0 radical (unpaired) electrons. The van der Waals surface area contributed by atoms with Gasteiger partial charge in [-0.15, -0.1) is 0 Å². The van der Waals surface area contributed by atoms with E-state index in [0.29, 0.717) is 18.5 Å². The van der Waals surface area contributed by atoms with Crippen LogP contribution in [0.25, 0.3) is 0 Å². The molecule has 0 amide bonds. The zero-order valence-electron chi connectivity index (χ0n) is 10.1. The first-order valence-electron chi connectivity index (χ1n) is 5.55. The number of hydrogen-bond donors (Lipinski definition) is 2. The van der Waals surface area contributed by atoms with Gasteiger partial charge in [-0.25, -0.2) is 4.79 Å². The van der Waals surface area contributed by atoms with Gasteiger partial charge in [0.05, 0.1) is 18.4 Å². The summed E-state index contributed by atoms with van der Waals surface area (Å²) in [5.41, 5.74) is 1.29. The molecule has 0 aliphatic heterocycles. The molecule has 1 rings (SSSR count). The molecule has 2 N–H and O–H groups in total. The lowest BCUT2D eigenvalue weighted by Gasteiger charge is -2.11. The number of rotatable bonds is 6. The zero-order chi connectivity index (χ0) is 12.7. The molecule has 1 heterocycles. The Morgan fingerprint density at radius 2 is 2.35 bits per heavy atom. The van der Waals surface area contributed by atoms with E-state index >= 15 is 0 Å². The highest BCUT2D eigenvalue weighted by Gasteiger charge is 2.06. The summed E-state index contributed by atoms with van der Waals surface area (Å²) in [4.78, 5) is 15.3. The van der Waals surface area contributed by atoms with Crippen LogP contribution in [0.2, 0.25) is 0 Å². The van der Waals surface area contributed by atoms with Gasteiger partial charge in [0, 0.05) is 25.4 Å². The van der Waals surface area contributed by atoms with E-state index in [1.807, 2.05) is 6.92 Å². The fourth-order valence-corrected chi connectivity index (χ4v) is 1.34. The lowest BCUT2D eigenvalue weighted by atomic mass is 10.2. The Morgan fingerprint density at radius 1 is 1.59 bits per heavy atom. The van der Waals surface area contributed by atoms with Crippen molar-refractivity contribution in [2.24, 2.45) is 0 Å². The second-order valence-corrected chi connectivity index (χ2v) is 3.82. The Labute approximate surface area is 101 Å². The van der Waals surface area contributed by atoms with Crippen LogP contribution < -0.4 is 5.32 Å². The van der Waals surface area contributed by atoms with E-state index in [1.54, 1.807) is 12.1 Å². The number of ether oxygens (including phenoxy) is 1. The van der Waals surface area contributed by atoms with Gasteiger partial charge < -0.3 is 15.2 Å². The molecule has 0 spiro atoms. The molecule has 1 aromatic rings. The normalized spacial score (nSPS) is 12.2. The minimum Gasteiger partial charge on any atom is -0.465 e. The number of aromatic nitrogens is 1. The summed E-state index contributed by atoms with van der Waals surface area (Å²) in [6.45, 7) is 2.78. The fraction of sp³-hybridized carbons (Fsp3) is 0.500. The first-order chi connectivity index (χ1) is 8.17. The predicted octanol–water partition coefficient (Wildman–Crippen LogP) is 0.729. The highest BCUT2D eigenvalue weighted by Crippen LogP contribution is 2.02. The van der Waals surface area contributed by atoms with Crippen LogP contribution in [-0.2, 0) is 11.3 Å². The van der Waals surface area contributed by atoms with E-state index in [9.17, 15) is 4.79 Å². The maximum absolute atomic E-state index is 11.2. The van der Waals surface area contributed by atoms with E-state index in [-0.39, 0.29) is 18.6 Å². The largest absolute Gasteiger partial charge is 0.465 e. The van der Waals surface area contributed by atoms with Crippen LogP contribution in [0.4, 0.5) is 0 Å². The molecule has 0 aliphatic carbocycles. The van der Waals surface area contributed by atoms with Crippen molar-refractivity contribution in [1.82, 2.24) is 10.3 Å². The molecule has 1 unspecified atom stereocenters. The van der Waals surface area contributed by atoms with E-state index in [0.717, 1.165) is 5.69 Å². The molecule has 0 aliphatic rings. The second kappa shape index (κ2) is 6.98. The minimum absolute atomic E-state index is 0.170. The summed E-state index contributed by atoms with van der Waals surface area (Å²) >= 11 is 0. The van der Waals surface area contributed by atoms with Crippen molar-refractivity contribution in [2.75, 3.05) is 13.7 Å². The first kappa shape index (κ1) is 13.6. The zero-order valence-corrected chi connectivity index (χ0v) is 10.1. The van der Waals surface area contributed by atoms with Gasteiger partial charge in [0.2, 0.25) is 0 Å². The molecule has 5 heteroatoms. The van der Waals surface area contributed by atoms with E-state index in [2.05, 4.69) is 15.0 Å². The average Bonchev–Trinajstić information content (AvgIpc) is 2.36. The summed E-state index contributed by atoms with van der Waals surface area (Å²) in [6, 6.07) is 3.71. The number of esters is 1. The van der Waals surface area contributed by atoms with Gasteiger partial charge in [-0.2, -0.15) is 0 Å². The van der Waals surface area contributed by atoms with Gasteiger partial charge in [-0.05, 0) is 25.5 Å². The van der Waals surface area contributed by atoms with E-state index in [1.165, 1.54) is 13.3 Å². The van der Waals surface area contributed by atoms with Gasteiger partial charge in [0.15, 0.2) is 0 Å². The quantitative estimate of drug-likeness (QED) is 0.715. The fourth-order valence-electron chi connectivity index (χ4n) is 1.34. The number of nitrogens with one attached hydrogen (secondary N) is 1. The summed E-state index contributed by atoms with van der Waals surface area (Å²) in [7, 11) is 1.34. The number of aliphatic hydroxyl groups is 1. The van der Waals surface area contributed by atoms with Crippen LogP contribution in [0.15, 0.2) is 18.3 Å². The third-order valence-electron chi connectivity index (χ3n) is 2.44. The van der Waals surface area contributed by atoms with Crippen molar-refractivity contribution in [3.05, 3.63) is 29.6 Å². The van der Waals surface area contributed by atoms with Crippen LogP contribution >= 0.6 is 0 Å². The summed E-state index contributed by atoms with van der Waals surface area (Å²) in [5.74, 6) is -0.384. The van der Waals surface area contributed by atoms with Gasteiger partial charge >= 0.3 is 5.97 Å². The smallest absolute Gasteiger partial charge is 0.339 e. The molecule has 1 atom stereocenters. The van der Waals surface area contributed by atoms with Crippen LogP contribution in [0.3, 0.4) is 0 Å². The number of methoxy groups -OCH3 is 1. The average molecular weight is 238 g/mol. The van der Waals surface area contributed by atoms with Gasteiger partial charge in [0.25, 0.3) is 0 Å². The van der Waals surface area contributed by atoms with Crippen molar-refractivity contribution in [1.29, 1.82) is 0 Å². The van der Waals surface area contributed by atoms with E-state index < -0.39 is 0 Å². The van der Waals surface area contributed by atoms with Crippen LogP contribution in [0.5, 0.6) is 0 Å². The predicted molar refractivity (Wildman–Crippen MR) is 63.6 cm³/mol. The van der Waals surface area contributed by atoms with Gasteiger partial charge in [-0.1, -0.05) is 0 Å². The number of hydrogen-bond acceptors (Lipinski definition) is 5. The molecule has 0 saturated carbocycles. The highest BCUT2D eigenvalue weighted by molar-refractivity contribution is 5.88. The lowest BCUT2D eigenvalue weighted by Crippen LogP contribution is -2.26. The Hall–Kier alpha value is -1.46. The summed E-state index contributed by atoms with van der Waals surface area (Å²) < 4.78 is 4.58. The van der Waals surface area contributed by atoms with Crippen molar-refractivity contribution in [2.45, 2.75) is 25.9 Å². The Kier molecular flexibility index (Phi) is 5.59. The molecule has 5 nitrogen and oxygen atoms in total. The Balaban J connectivity index is 2.48. The number of pyridine rings is 1. The van der Waals surface area contributed by atoms with E-state index in [4.69, 9.17) is 5.11 Å². The summed E-state index contributed by atoms with van der Waals surface area (Å²) in [5, 5.41) is 12.0. The van der Waals surface area contributed by atoms with Crippen LogP contribution in [-0.4, -0.2) is 35.8 Å². The molecule has 0 aromatic carbocycles. The first-order valence-corrected chi connectivity index (χ1v) is 5.55. The van der Waals surface area contributed by atoms with Crippen LogP contribution in [0.1, 0.15) is 29.4 Å². The molecule has 17 heavy (non-hydrogen) atoms. The van der Waals surface area contributed by atoms with Crippen molar-refractivity contribution in [3.8, 4) is 0 Å². The molecule has 0 saturated heterocycles. The molecular formula is C12H18N2O3. The second-order valence-electron chi connectivity index (χ2n) is 3.82. The summed E-state index contributed by atoms with van der Waals surface area (Å²) in [6.07, 6.45) is 2.21. The van der Waals surface area contributed by atoms with Crippen molar-refractivity contribution in [3.63, 3.8) is 0 Å². The Bertz CT molecular complexity index is 351. The number of carbonyl (C=O) groups excluding carboxylic acids is 1. The van der Waals surface area contributed by atoms with Crippen LogP contribution in [0, 0.1) is 0 Å². The third kappa shape index (κ3) is 4.50. The SMILES string of the molecule is COC(=O)c1ccc(CNC(C)CCO)nc1. The number of aliphatic hydroxyl groups excluding tert-OH is 1.